The fourth-order valence-corrected chi connectivity index (χ4v) is 1.42. The second-order valence-electron chi connectivity index (χ2n) is 2.62. The molecule has 66 valence electrons. The largest absolute Gasteiger partial charge is 0.281 e. The zero-order valence-electron chi connectivity index (χ0n) is 6.78. The van der Waals surface area contributed by atoms with Crippen LogP contribution in [0.1, 0.15) is 32.6 Å². The third kappa shape index (κ3) is 5.51. The standard InChI is InChI=1S/C8H14Cl2O/c1-2-4-7(8(10)11)5-3-6-9/h7H,2-6H2,1H3. The maximum absolute atomic E-state index is 10.8. The number of alkyl halides is 1. The van der Waals surface area contributed by atoms with Crippen molar-refractivity contribution >= 4 is 28.4 Å². The smallest absolute Gasteiger partial charge is 0.224 e. The molecule has 11 heavy (non-hydrogen) atoms. The third-order valence-electron chi connectivity index (χ3n) is 1.64. The number of carbonyl (C=O) groups is 1. The fraction of sp³-hybridized carbons (Fsp3) is 0.875. The Morgan fingerprint density at radius 1 is 1.45 bits per heavy atom. The summed E-state index contributed by atoms with van der Waals surface area (Å²) < 4.78 is 0. The summed E-state index contributed by atoms with van der Waals surface area (Å²) in [5, 5.41) is -0.211. The topological polar surface area (TPSA) is 17.1 Å². The highest BCUT2D eigenvalue weighted by Gasteiger charge is 2.13. The van der Waals surface area contributed by atoms with Gasteiger partial charge in [0.15, 0.2) is 0 Å². The molecule has 0 heterocycles. The van der Waals surface area contributed by atoms with Gasteiger partial charge in [0.25, 0.3) is 0 Å². The predicted molar refractivity (Wildman–Crippen MR) is 49.2 cm³/mol. The Morgan fingerprint density at radius 3 is 2.45 bits per heavy atom. The molecule has 0 aromatic heterocycles. The minimum atomic E-state index is -0.211. The molecule has 0 aliphatic heterocycles. The van der Waals surface area contributed by atoms with E-state index in [9.17, 15) is 4.79 Å². The first-order valence-electron chi connectivity index (χ1n) is 3.97. The molecule has 0 aliphatic carbocycles. The van der Waals surface area contributed by atoms with Crippen LogP contribution >= 0.6 is 23.2 Å². The van der Waals surface area contributed by atoms with E-state index in [1.807, 2.05) is 6.92 Å². The minimum absolute atomic E-state index is 0.0282. The molecule has 0 N–H and O–H groups in total. The van der Waals surface area contributed by atoms with Crippen molar-refractivity contribution in [3.63, 3.8) is 0 Å². The minimum Gasteiger partial charge on any atom is -0.281 e. The molecule has 3 heteroatoms. The normalized spacial score (nSPS) is 13.0. The summed E-state index contributed by atoms with van der Waals surface area (Å²) in [4.78, 5) is 10.8. The summed E-state index contributed by atoms with van der Waals surface area (Å²) in [7, 11) is 0. The van der Waals surface area contributed by atoms with Crippen LogP contribution in [0, 0.1) is 5.92 Å². The molecule has 0 aromatic rings. The fourth-order valence-electron chi connectivity index (χ4n) is 1.04. The van der Waals surface area contributed by atoms with Gasteiger partial charge in [-0.05, 0) is 30.9 Å². The van der Waals surface area contributed by atoms with Crippen LogP contribution in [0.4, 0.5) is 0 Å². The highest BCUT2D eigenvalue weighted by atomic mass is 35.5. The van der Waals surface area contributed by atoms with Crippen LogP contribution in [0.25, 0.3) is 0 Å². The summed E-state index contributed by atoms with van der Waals surface area (Å²) in [6.45, 7) is 2.05. The van der Waals surface area contributed by atoms with E-state index in [4.69, 9.17) is 23.2 Å². The molecule has 1 nitrogen and oxygen atoms in total. The molecule has 0 radical (unpaired) electrons. The van der Waals surface area contributed by atoms with Gasteiger partial charge in [0.2, 0.25) is 5.24 Å². The Kier molecular flexibility index (Phi) is 7.09. The Hall–Kier alpha value is 0.250. The van der Waals surface area contributed by atoms with Crippen LogP contribution in [0.2, 0.25) is 0 Å². The lowest BCUT2D eigenvalue weighted by molar-refractivity contribution is -0.115. The summed E-state index contributed by atoms with van der Waals surface area (Å²) in [5.74, 6) is 0.644. The molecular formula is C8H14Cl2O. The Morgan fingerprint density at radius 2 is 2.09 bits per heavy atom. The van der Waals surface area contributed by atoms with Gasteiger partial charge in [-0.1, -0.05) is 13.3 Å². The maximum Gasteiger partial charge on any atom is 0.224 e. The molecule has 0 saturated carbocycles. The molecule has 0 amide bonds. The second-order valence-corrected chi connectivity index (χ2v) is 3.37. The van der Waals surface area contributed by atoms with Gasteiger partial charge in [-0.25, -0.2) is 0 Å². The monoisotopic (exact) mass is 196 g/mol. The number of carbonyl (C=O) groups excluding carboxylic acids is 1. The summed E-state index contributed by atoms with van der Waals surface area (Å²) >= 11 is 10.9. The maximum atomic E-state index is 10.8. The lowest BCUT2D eigenvalue weighted by Gasteiger charge is -2.08. The van der Waals surface area contributed by atoms with Crippen LogP contribution in [0.5, 0.6) is 0 Å². The van der Waals surface area contributed by atoms with Crippen molar-refractivity contribution in [2.75, 3.05) is 5.88 Å². The van der Waals surface area contributed by atoms with Crippen LogP contribution in [-0.4, -0.2) is 11.1 Å². The lowest BCUT2D eigenvalue weighted by Crippen LogP contribution is -2.08. The van der Waals surface area contributed by atoms with Crippen molar-refractivity contribution in [3.05, 3.63) is 0 Å². The van der Waals surface area contributed by atoms with Crippen molar-refractivity contribution < 1.29 is 4.79 Å². The van der Waals surface area contributed by atoms with Crippen molar-refractivity contribution in [2.24, 2.45) is 5.92 Å². The predicted octanol–water partition coefficient (Wildman–Crippen LogP) is 3.19. The van der Waals surface area contributed by atoms with E-state index in [1.165, 1.54) is 0 Å². The lowest BCUT2D eigenvalue weighted by atomic mass is 10.0. The van der Waals surface area contributed by atoms with E-state index in [1.54, 1.807) is 0 Å². The van der Waals surface area contributed by atoms with Gasteiger partial charge in [0, 0.05) is 11.8 Å². The molecule has 0 fully saturated rings. The van der Waals surface area contributed by atoms with Gasteiger partial charge < -0.3 is 0 Å². The van der Waals surface area contributed by atoms with Gasteiger partial charge in [0.1, 0.15) is 0 Å². The van der Waals surface area contributed by atoms with Crippen molar-refractivity contribution in [3.8, 4) is 0 Å². The first-order chi connectivity index (χ1) is 5.22. The van der Waals surface area contributed by atoms with E-state index < -0.39 is 0 Å². The summed E-state index contributed by atoms with van der Waals surface area (Å²) in [6, 6.07) is 0. The Balaban J connectivity index is 3.60. The van der Waals surface area contributed by atoms with Crippen LogP contribution < -0.4 is 0 Å². The molecule has 1 atom stereocenters. The average Bonchev–Trinajstić information content (AvgIpc) is 1.97. The number of hydrogen-bond donors (Lipinski definition) is 0. The second kappa shape index (κ2) is 6.93. The quantitative estimate of drug-likeness (QED) is 0.472. The van der Waals surface area contributed by atoms with E-state index in [0.717, 1.165) is 25.7 Å². The zero-order valence-corrected chi connectivity index (χ0v) is 8.29. The van der Waals surface area contributed by atoms with Gasteiger partial charge in [0.05, 0.1) is 0 Å². The summed E-state index contributed by atoms with van der Waals surface area (Å²) in [6.07, 6.45) is 3.61. The molecular weight excluding hydrogens is 183 g/mol. The average molecular weight is 197 g/mol. The molecule has 0 aliphatic rings. The first-order valence-corrected chi connectivity index (χ1v) is 4.89. The number of rotatable bonds is 6. The van der Waals surface area contributed by atoms with Gasteiger partial charge in [-0.2, -0.15) is 0 Å². The van der Waals surface area contributed by atoms with Gasteiger partial charge in [-0.3, -0.25) is 4.79 Å². The van der Waals surface area contributed by atoms with Crippen molar-refractivity contribution in [2.45, 2.75) is 32.6 Å². The molecule has 0 aromatic carbocycles. The van der Waals surface area contributed by atoms with Crippen LogP contribution in [0.15, 0.2) is 0 Å². The SMILES string of the molecule is CCCC(CCCCl)C(=O)Cl. The molecule has 0 spiro atoms. The zero-order chi connectivity index (χ0) is 8.69. The number of halogens is 2. The molecule has 0 bridgehead atoms. The van der Waals surface area contributed by atoms with Crippen molar-refractivity contribution in [1.82, 2.24) is 0 Å². The Labute approximate surface area is 78.1 Å². The molecule has 1 unspecified atom stereocenters. The van der Waals surface area contributed by atoms with Crippen molar-refractivity contribution in [1.29, 1.82) is 0 Å². The third-order valence-corrected chi connectivity index (χ3v) is 2.22. The number of hydrogen-bond acceptors (Lipinski definition) is 1. The van der Waals surface area contributed by atoms with Crippen LogP contribution in [-0.2, 0) is 4.79 Å². The molecule has 0 saturated heterocycles. The molecule has 0 rings (SSSR count). The van der Waals surface area contributed by atoms with E-state index in [0.29, 0.717) is 5.88 Å². The van der Waals surface area contributed by atoms with Gasteiger partial charge >= 0.3 is 0 Å². The highest BCUT2D eigenvalue weighted by Crippen LogP contribution is 2.16. The van der Waals surface area contributed by atoms with E-state index in [2.05, 4.69) is 0 Å². The first kappa shape index (κ1) is 11.2. The van der Waals surface area contributed by atoms with Crippen LogP contribution in [0.3, 0.4) is 0 Å². The van der Waals surface area contributed by atoms with E-state index in [-0.39, 0.29) is 11.2 Å². The highest BCUT2D eigenvalue weighted by molar-refractivity contribution is 6.63. The Bertz CT molecular complexity index is 115. The summed E-state index contributed by atoms with van der Waals surface area (Å²) in [5.41, 5.74) is 0. The van der Waals surface area contributed by atoms with E-state index >= 15 is 0 Å². The van der Waals surface area contributed by atoms with Gasteiger partial charge in [-0.15, -0.1) is 11.6 Å².